The Kier molecular flexibility index (Phi) is 4.85. The number of urea groups is 1. The molecule has 1 aromatic heterocycles. The standard InChI is InChI=1S/C16H23N3O2/c1-4-8-19-9-7-13-5-6-14(10-15(13)19)17-16(21)18(3)12(2)11-20/h5-7,9-10,12,20H,4,8,11H2,1-3H3,(H,17,21). The number of rotatable bonds is 5. The zero-order valence-electron chi connectivity index (χ0n) is 12.8. The monoisotopic (exact) mass is 289 g/mol. The van der Waals surface area contributed by atoms with Gasteiger partial charge in [-0.3, -0.25) is 0 Å². The normalized spacial score (nSPS) is 12.4. The van der Waals surface area contributed by atoms with Gasteiger partial charge >= 0.3 is 6.03 Å². The highest BCUT2D eigenvalue weighted by Crippen LogP contribution is 2.21. The third-order valence-corrected chi connectivity index (χ3v) is 3.74. The number of anilines is 1. The summed E-state index contributed by atoms with van der Waals surface area (Å²) in [5, 5.41) is 13.1. The molecule has 1 atom stereocenters. The molecule has 2 rings (SSSR count). The molecular formula is C16H23N3O2. The van der Waals surface area contributed by atoms with Gasteiger partial charge in [0.15, 0.2) is 0 Å². The van der Waals surface area contributed by atoms with Crippen LogP contribution in [0, 0.1) is 0 Å². The zero-order valence-corrected chi connectivity index (χ0v) is 12.8. The number of amides is 2. The minimum absolute atomic E-state index is 0.0533. The quantitative estimate of drug-likeness (QED) is 0.889. The number of nitrogens with one attached hydrogen (secondary N) is 1. The molecule has 21 heavy (non-hydrogen) atoms. The van der Waals surface area contributed by atoms with Crippen molar-refractivity contribution in [2.45, 2.75) is 32.9 Å². The number of likely N-dealkylation sites (N-methyl/N-ethyl adjacent to an activating group) is 1. The predicted molar refractivity (Wildman–Crippen MR) is 85.6 cm³/mol. The Bertz CT molecular complexity index is 621. The van der Waals surface area contributed by atoms with Crippen LogP contribution in [0.5, 0.6) is 0 Å². The first-order valence-electron chi connectivity index (χ1n) is 7.30. The third kappa shape index (κ3) is 3.36. The lowest BCUT2D eigenvalue weighted by atomic mass is 10.2. The second-order valence-electron chi connectivity index (χ2n) is 5.36. The van der Waals surface area contributed by atoms with Crippen molar-refractivity contribution in [1.82, 2.24) is 9.47 Å². The molecule has 0 saturated heterocycles. The lowest BCUT2D eigenvalue weighted by Gasteiger charge is -2.23. The minimum atomic E-state index is -0.218. The Morgan fingerprint density at radius 2 is 2.19 bits per heavy atom. The van der Waals surface area contributed by atoms with Crippen LogP contribution in [0.25, 0.3) is 10.9 Å². The van der Waals surface area contributed by atoms with Crippen LogP contribution in [0.2, 0.25) is 0 Å². The van der Waals surface area contributed by atoms with Gasteiger partial charge < -0.3 is 19.9 Å². The van der Waals surface area contributed by atoms with E-state index in [0.29, 0.717) is 0 Å². The van der Waals surface area contributed by atoms with Gasteiger partial charge in [-0.2, -0.15) is 0 Å². The second kappa shape index (κ2) is 6.63. The number of hydrogen-bond acceptors (Lipinski definition) is 2. The number of carbonyl (C=O) groups excluding carboxylic acids is 1. The average molecular weight is 289 g/mol. The summed E-state index contributed by atoms with van der Waals surface area (Å²) in [4.78, 5) is 13.6. The van der Waals surface area contributed by atoms with E-state index in [0.717, 1.165) is 24.2 Å². The second-order valence-corrected chi connectivity index (χ2v) is 5.36. The number of aliphatic hydroxyl groups is 1. The highest BCUT2D eigenvalue weighted by Gasteiger charge is 2.15. The fraction of sp³-hybridized carbons (Fsp3) is 0.438. The molecule has 1 aromatic carbocycles. The summed E-state index contributed by atoms with van der Waals surface area (Å²) in [7, 11) is 1.68. The highest BCUT2D eigenvalue weighted by molar-refractivity contribution is 5.92. The molecule has 0 aliphatic rings. The molecule has 114 valence electrons. The Morgan fingerprint density at radius 1 is 1.43 bits per heavy atom. The van der Waals surface area contributed by atoms with Gasteiger partial charge in [0.2, 0.25) is 0 Å². The van der Waals surface area contributed by atoms with Crippen molar-refractivity contribution in [3.8, 4) is 0 Å². The molecule has 0 bridgehead atoms. The molecule has 2 N–H and O–H groups in total. The molecule has 5 heteroatoms. The van der Waals surface area contributed by atoms with Crippen LogP contribution in [0.3, 0.4) is 0 Å². The van der Waals surface area contributed by atoms with E-state index in [1.54, 1.807) is 14.0 Å². The Hall–Kier alpha value is -2.01. The van der Waals surface area contributed by atoms with Crippen molar-refractivity contribution in [2.24, 2.45) is 0 Å². The van der Waals surface area contributed by atoms with Gasteiger partial charge in [0.05, 0.1) is 18.2 Å². The number of nitrogens with zero attached hydrogens (tertiary/aromatic N) is 2. The summed E-state index contributed by atoms with van der Waals surface area (Å²) in [6.07, 6.45) is 3.14. The summed E-state index contributed by atoms with van der Waals surface area (Å²) < 4.78 is 2.19. The third-order valence-electron chi connectivity index (χ3n) is 3.74. The first-order chi connectivity index (χ1) is 10.1. The minimum Gasteiger partial charge on any atom is -0.394 e. The molecule has 0 saturated carbocycles. The van der Waals surface area contributed by atoms with E-state index in [1.807, 2.05) is 18.2 Å². The van der Waals surface area contributed by atoms with Gasteiger partial charge in [-0.25, -0.2) is 4.79 Å². The fourth-order valence-corrected chi connectivity index (χ4v) is 2.23. The molecule has 0 aliphatic heterocycles. The van der Waals surface area contributed by atoms with Crippen molar-refractivity contribution in [3.05, 3.63) is 30.5 Å². The van der Waals surface area contributed by atoms with Crippen LogP contribution in [-0.2, 0) is 6.54 Å². The molecule has 1 heterocycles. The molecule has 0 fully saturated rings. The summed E-state index contributed by atoms with van der Waals surface area (Å²) >= 11 is 0. The molecule has 1 unspecified atom stereocenters. The SMILES string of the molecule is CCCn1ccc2ccc(NC(=O)N(C)C(C)CO)cc21. The Morgan fingerprint density at radius 3 is 2.86 bits per heavy atom. The average Bonchev–Trinajstić information content (AvgIpc) is 2.88. The zero-order chi connectivity index (χ0) is 15.4. The van der Waals surface area contributed by atoms with E-state index in [-0.39, 0.29) is 18.7 Å². The molecule has 0 radical (unpaired) electrons. The van der Waals surface area contributed by atoms with Crippen LogP contribution in [0.15, 0.2) is 30.5 Å². The van der Waals surface area contributed by atoms with E-state index >= 15 is 0 Å². The molecule has 0 aliphatic carbocycles. The Balaban J connectivity index is 2.18. The number of aromatic nitrogens is 1. The van der Waals surface area contributed by atoms with E-state index < -0.39 is 0 Å². The van der Waals surface area contributed by atoms with Crippen LogP contribution >= 0.6 is 0 Å². The smallest absolute Gasteiger partial charge is 0.321 e. The summed E-state index contributed by atoms with van der Waals surface area (Å²) in [6.45, 7) is 4.85. The van der Waals surface area contributed by atoms with Gasteiger partial charge in [0.25, 0.3) is 0 Å². The largest absolute Gasteiger partial charge is 0.394 e. The molecule has 2 aromatic rings. The van der Waals surface area contributed by atoms with Crippen LogP contribution in [-0.4, -0.2) is 40.3 Å². The van der Waals surface area contributed by atoms with Crippen molar-refractivity contribution in [3.63, 3.8) is 0 Å². The maximum absolute atomic E-state index is 12.1. The van der Waals surface area contributed by atoms with E-state index in [1.165, 1.54) is 10.3 Å². The lowest BCUT2D eigenvalue weighted by Crippen LogP contribution is -2.40. The van der Waals surface area contributed by atoms with Gasteiger partial charge in [0.1, 0.15) is 0 Å². The van der Waals surface area contributed by atoms with Gasteiger partial charge in [-0.15, -0.1) is 0 Å². The molecular weight excluding hydrogens is 266 g/mol. The number of fused-ring (bicyclic) bond motifs is 1. The van der Waals surface area contributed by atoms with E-state index in [9.17, 15) is 4.79 Å². The van der Waals surface area contributed by atoms with Crippen LogP contribution in [0.1, 0.15) is 20.3 Å². The van der Waals surface area contributed by atoms with Gasteiger partial charge in [-0.1, -0.05) is 13.0 Å². The number of aryl methyl sites for hydroxylation is 1. The summed E-state index contributed by atoms with van der Waals surface area (Å²) in [5.74, 6) is 0. The van der Waals surface area contributed by atoms with Crippen LogP contribution < -0.4 is 5.32 Å². The van der Waals surface area contributed by atoms with E-state index in [4.69, 9.17) is 5.11 Å². The molecule has 2 amide bonds. The Labute approximate surface area is 125 Å². The van der Waals surface area contributed by atoms with Crippen molar-refractivity contribution in [2.75, 3.05) is 19.0 Å². The van der Waals surface area contributed by atoms with Crippen molar-refractivity contribution < 1.29 is 9.90 Å². The summed E-state index contributed by atoms with van der Waals surface area (Å²) in [6, 6.07) is 7.54. The van der Waals surface area contributed by atoms with E-state index in [2.05, 4.69) is 29.1 Å². The lowest BCUT2D eigenvalue weighted by molar-refractivity contribution is 0.166. The number of aliphatic hydroxyl groups excluding tert-OH is 1. The van der Waals surface area contributed by atoms with Crippen molar-refractivity contribution in [1.29, 1.82) is 0 Å². The summed E-state index contributed by atoms with van der Waals surface area (Å²) in [5.41, 5.74) is 1.88. The topological polar surface area (TPSA) is 57.5 Å². The molecule has 0 spiro atoms. The molecule has 5 nitrogen and oxygen atoms in total. The fourth-order valence-electron chi connectivity index (χ4n) is 2.23. The number of carbonyl (C=O) groups is 1. The van der Waals surface area contributed by atoms with Crippen LogP contribution in [0.4, 0.5) is 10.5 Å². The maximum Gasteiger partial charge on any atom is 0.321 e. The predicted octanol–water partition coefficient (Wildman–Crippen LogP) is 2.90. The van der Waals surface area contributed by atoms with Gasteiger partial charge in [-0.05, 0) is 36.9 Å². The number of benzene rings is 1. The first-order valence-corrected chi connectivity index (χ1v) is 7.30. The number of hydrogen-bond donors (Lipinski definition) is 2. The first kappa shape index (κ1) is 15.4. The van der Waals surface area contributed by atoms with Crippen molar-refractivity contribution >= 4 is 22.6 Å². The maximum atomic E-state index is 12.1. The van der Waals surface area contributed by atoms with Gasteiger partial charge in [0, 0.05) is 25.5 Å². The highest BCUT2D eigenvalue weighted by atomic mass is 16.3.